The molecule has 5 nitrogen and oxygen atoms in total. The number of carbonyl (C=O) groups is 1. The van der Waals surface area contributed by atoms with Gasteiger partial charge in [-0.15, -0.1) is 0 Å². The number of rotatable bonds is 4. The molecule has 0 saturated carbocycles. The van der Waals surface area contributed by atoms with Gasteiger partial charge in [-0.3, -0.25) is 4.79 Å². The molecule has 1 amide bonds. The third-order valence-electron chi connectivity index (χ3n) is 5.53. The zero-order valence-corrected chi connectivity index (χ0v) is 14.2. The summed E-state index contributed by atoms with van der Waals surface area (Å²) in [5.41, 5.74) is 6.65. The second kappa shape index (κ2) is 5.86. The highest BCUT2D eigenvalue weighted by molar-refractivity contribution is 7.17. The number of nitrogens with zero attached hydrogens (tertiary/aromatic N) is 2. The first-order valence-corrected chi connectivity index (χ1v) is 9.13. The van der Waals surface area contributed by atoms with Gasteiger partial charge in [0.25, 0.3) is 5.91 Å². The van der Waals surface area contributed by atoms with Crippen LogP contribution in [0.5, 0.6) is 0 Å². The molecule has 6 heteroatoms. The molecular weight excluding hydrogens is 322 g/mol. The van der Waals surface area contributed by atoms with Crippen molar-refractivity contribution in [2.24, 2.45) is 5.41 Å². The van der Waals surface area contributed by atoms with Gasteiger partial charge < -0.3 is 15.7 Å². The molecule has 1 aromatic heterocycles. The second-order valence-electron chi connectivity index (χ2n) is 6.91. The molecule has 2 aliphatic heterocycles. The van der Waals surface area contributed by atoms with Crippen molar-refractivity contribution in [3.8, 4) is 0 Å². The van der Waals surface area contributed by atoms with Crippen LogP contribution in [-0.4, -0.2) is 39.6 Å². The van der Waals surface area contributed by atoms with Crippen molar-refractivity contribution in [3.63, 3.8) is 0 Å². The smallest absolute Gasteiger partial charge is 0.266 e. The van der Waals surface area contributed by atoms with E-state index in [1.54, 1.807) is 6.20 Å². The van der Waals surface area contributed by atoms with Crippen molar-refractivity contribution < 1.29 is 9.90 Å². The minimum Gasteiger partial charge on any atom is -0.396 e. The Hall–Kier alpha value is -1.92. The van der Waals surface area contributed by atoms with Crippen molar-refractivity contribution in [1.29, 1.82) is 0 Å². The number of aliphatic hydroxyl groups excluding tert-OH is 1. The van der Waals surface area contributed by atoms with Crippen LogP contribution in [0.1, 0.15) is 34.5 Å². The Morgan fingerprint density at radius 1 is 1.38 bits per heavy atom. The van der Waals surface area contributed by atoms with Gasteiger partial charge in [0.15, 0.2) is 5.13 Å². The second-order valence-corrected chi connectivity index (χ2v) is 7.97. The number of nitrogen functional groups attached to an aromatic ring is 1. The summed E-state index contributed by atoms with van der Waals surface area (Å²) in [6.07, 6.45) is 5.21. The van der Waals surface area contributed by atoms with Crippen LogP contribution in [0.25, 0.3) is 0 Å². The number of nitrogens with two attached hydrogens (primary N) is 1. The van der Waals surface area contributed by atoms with Gasteiger partial charge in [-0.1, -0.05) is 41.7 Å². The fourth-order valence-corrected chi connectivity index (χ4v) is 5.16. The zero-order chi connectivity index (χ0) is 16.7. The van der Waals surface area contributed by atoms with Gasteiger partial charge in [0.2, 0.25) is 0 Å². The monoisotopic (exact) mass is 343 g/mol. The average molecular weight is 343 g/mol. The number of anilines is 1. The Morgan fingerprint density at radius 2 is 2.17 bits per heavy atom. The van der Waals surface area contributed by atoms with Gasteiger partial charge in [0, 0.05) is 17.5 Å². The maximum absolute atomic E-state index is 12.9. The zero-order valence-electron chi connectivity index (χ0n) is 13.4. The van der Waals surface area contributed by atoms with Crippen LogP contribution < -0.4 is 5.73 Å². The number of aromatic nitrogens is 1. The minimum atomic E-state index is -0.240. The molecule has 1 aromatic carbocycles. The Balaban J connectivity index is 1.62. The maximum atomic E-state index is 12.9. The van der Waals surface area contributed by atoms with E-state index in [9.17, 15) is 9.90 Å². The summed E-state index contributed by atoms with van der Waals surface area (Å²) >= 11 is 1.24. The van der Waals surface area contributed by atoms with Crippen molar-refractivity contribution in [2.75, 3.05) is 12.3 Å². The predicted octanol–water partition coefficient (Wildman–Crippen LogP) is 2.32. The van der Waals surface area contributed by atoms with E-state index >= 15 is 0 Å². The molecule has 0 spiro atoms. The van der Waals surface area contributed by atoms with Gasteiger partial charge in [0.1, 0.15) is 4.88 Å². The SMILES string of the molecule is Nc1ncc(C(=O)N2[C@@H]3CC[C@H]2[C@](CO)(Cc2ccccc2)C3)s1. The summed E-state index contributed by atoms with van der Waals surface area (Å²) in [5, 5.41) is 10.6. The highest BCUT2D eigenvalue weighted by Crippen LogP contribution is 2.51. The molecule has 0 aliphatic carbocycles. The van der Waals surface area contributed by atoms with Crippen LogP contribution in [0.2, 0.25) is 0 Å². The lowest BCUT2D eigenvalue weighted by atomic mass is 9.70. The maximum Gasteiger partial charge on any atom is 0.266 e. The minimum absolute atomic E-state index is 0.0140. The normalized spacial score (nSPS) is 28.5. The number of aliphatic hydroxyl groups is 1. The van der Waals surface area contributed by atoms with E-state index in [2.05, 4.69) is 17.1 Å². The molecule has 2 aliphatic rings. The van der Waals surface area contributed by atoms with E-state index in [0.717, 1.165) is 25.7 Å². The van der Waals surface area contributed by atoms with Gasteiger partial charge in [-0.25, -0.2) is 4.98 Å². The summed E-state index contributed by atoms with van der Waals surface area (Å²) in [6.45, 7) is 0.109. The fourth-order valence-electron chi connectivity index (χ4n) is 4.53. The molecule has 0 radical (unpaired) electrons. The van der Waals surface area contributed by atoms with E-state index in [4.69, 9.17) is 5.73 Å². The van der Waals surface area contributed by atoms with Crippen molar-refractivity contribution in [3.05, 3.63) is 47.0 Å². The standard InChI is InChI=1S/C18H21N3O2S/c19-17-20-10-14(24-17)16(23)21-13-6-7-15(21)18(9-13,11-22)8-12-4-2-1-3-5-12/h1-5,10,13,15,22H,6-9,11H2,(H2,19,20)/t13-,15+,18-/m1/s1. The fraction of sp³-hybridized carbons (Fsp3) is 0.444. The molecule has 4 rings (SSSR count). The third-order valence-corrected chi connectivity index (χ3v) is 6.35. The Bertz CT molecular complexity index is 748. The molecule has 24 heavy (non-hydrogen) atoms. The first kappa shape index (κ1) is 15.6. The lowest BCUT2D eigenvalue weighted by molar-refractivity contribution is 0.0575. The molecule has 3 N–H and O–H groups in total. The lowest BCUT2D eigenvalue weighted by Crippen LogP contribution is -2.43. The first-order valence-electron chi connectivity index (χ1n) is 8.32. The summed E-state index contributed by atoms with van der Waals surface area (Å²) in [4.78, 5) is 19.5. The number of amides is 1. The van der Waals surface area contributed by atoms with Crippen LogP contribution in [0.15, 0.2) is 36.5 Å². The highest BCUT2D eigenvalue weighted by atomic mass is 32.1. The van der Waals surface area contributed by atoms with E-state index in [-0.39, 0.29) is 30.0 Å². The lowest BCUT2D eigenvalue weighted by Gasteiger charge is -2.36. The van der Waals surface area contributed by atoms with Crippen molar-refractivity contribution in [2.45, 2.75) is 37.8 Å². The number of fused-ring (bicyclic) bond motifs is 2. The topological polar surface area (TPSA) is 79.5 Å². The molecule has 2 fully saturated rings. The molecular formula is C18H21N3O2S. The molecule has 126 valence electrons. The van der Waals surface area contributed by atoms with Crippen LogP contribution in [-0.2, 0) is 6.42 Å². The van der Waals surface area contributed by atoms with E-state index in [0.29, 0.717) is 10.0 Å². The molecule has 0 unspecified atom stereocenters. The van der Waals surface area contributed by atoms with E-state index < -0.39 is 0 Å². The number of thiazole rings is 1. The number of carbonyl (C=O) groups excluding carboxylic acids is 1. The first-order chi connectivity index (χ1) is 11.6. The van der Waals surface area contributed by atoms with Crippen molar-refractivity contribution in [1.82, 2.24) is 9.88 Å². The Labute approximate surface area is 145 Å². The average Bonchev–Trinajstić information content (AvgIpc) is 3.28. The molecule has 2 bridgehead atoms. The molecule has 2 aromatic rings. The number of hydrogen-bond donors (Lipinski definition) is 2. The van der Waals surface area contributed by atoms with E-state index in [1.165, 1.54) is 16.9 Å². The van der Waals surface area contributed by atoms with Gasteiger partial charge in [0.05, 0.1) is 12.8 Å². The van der Waals surface area contributed by atoms with Crippen LogP contribution in [0, 0.1) is 5.41 Å². The summed E-state index contributed by atoms with van der Waals surface area (Å²) in [5.74, 6) is 0.0140. The van der Waals surface area contributed by atoms with Crippen LogP contribution in [0.3, 0.4) is 0 Å². The van der Waals surface area contributed by atoms with E-state index in [1.807, 2.05) is 23.1 Å². The largest absolute Gasteiger partial charge is 0.396 e. The van der Waals surface area contributed by atoms with Gasteiger partial charge >= 0.3 is 0 Å². The molecule has 2 saturated heterocycles. The van der Waals surface area contributed by atoms with Crippen molar-refractivity contribution >= 4 is 22.4 Å². The van der Waals surface area contributed by atoms with Crippen LogP contribution >= 0.6 is 11.3 Å². The summed E-state index contributed by atoms with van der Waals surface area (Å²) in [6, 6.07) is 10.5. The number of benzene rings is 1. The van der Waals surface area contributed by atoms with Gasteiger partial charge in [-0.2, -0.15) is 0 Å². The molecule has 3 atom stereocenters. The predicted molar refractivity (Wildman–Crippen MR) is 93.8 cm³/mol. The Morgan fingerprint density at radius 3 is 2.83 bits per heavy atom. The summed E-state index contributed by atoms with van der Waals surface area (Å²) < 4.78 is 0. The van der Waals surface area contributed by atoms with Gasteiger partial charge in [-0.05, 0) is 31.2 Å². The quantitative estimate of drug-likeness (QED) is 0.893. The Kier molecular flexibility index (Phi) is 3.81. The molecule has 3 heterocycles. The third kappa shape index (κ3) is 2.41. The highest BCUT2D eigenvalue weighted by Gasteiger charge is 2.57. The number of hydrogen-bond acceptors (Lipinski definition) is 5. The van der Waals surface area contributed by atoms with Crippen LogP contribution in [0.4, 0.5) is 5.13 Å². The summed E-state index contributed by atoms with van der Waals surface area (Å²) in [7, 11) is 0.